The zero-order valence-electron chi connectivity index (χ0n) is 10.1. The fraction of sp³-hybridized carbons (Fsp3) is 0.200. The maximum atomic E-state index is 13.4. The van der Waals surface area contributed by atoms with Gasteiger partial charge in [0.05, 0.1) is 16.1 Å². The molecular weight excluding hydrogens is 284 g/mol. The molecule has 2 aromatic carbocycles. The first-order valence-corrected chi connectivity index (χ1v) is 6.89. The topological polar surface area (TPSA) is 12.0 Å². The highest BCUT2D eigenvalue weighted by atomic mass is 35.5. The molecule has 4 heteroatoms. The SMILES string of the molecule is Fc1c(Cl)cc(NC2CCc3ccccc32)cc1Cl. The van der Waals surface area contributed by atoms with E-state index in [2.05, 4.69) is 17.4 Å². The van der Waals surface area contributed by atoms with Gasteiger partial charge in [0.25, 0.3) is 0 Å². The van der Waals surface area contributed by atoms with Gasteiger partial charge in [-0.3, -0.25) is 0 Å². The van der Waals surface area contributed by atoms with E-state index in [4.69, 9.17) is 23.2 Å². The Morgan fingerprint density at radius 1 is 1.11 bits per heavy atom. The summed E-state index contributed by atoms with van der Waals surface area (Å²) < 4.78 is 13.4. The average molecular weight is 296 g/mol. The van der Waals surface area contributed by atoms with Crippen LogP contribution in [0.15, 0.2) is 36.4 Å². The van der Waals surface area contributed by atoms with Crippen LogP contribution in [0.3, 0.4) is 0 Å². The third-order valence-corrected chi connectivity index (χ3v) is 4.01. The molecule has 1 N–H and O–H groups in total. The first kappa shape index (κ1) is 12.8. The van der Waals surface area contributed by atoms with E-state index in [-0.39, 0.29) is 16.1 Å². The standard InChI is InChI=1S/C15H12Cl2FN/c16-12-7-10(8-13(17)15(12)18)19-14-6-5-9-3-1-2-4-11(9)14/h1-4,7-8,14,19H,5-6H2. The Hall–Kier alpha value is -1.25. The molecule has 0 saturated carbocycles. The summed E-state index contributed by atoms with van der Waals surface area (Å²) in [5.41, 5.74) is 3.40. The van der Waals surface area contributed by atoms with Crippen LogP contribution in [0.5, 0.6) is 0 Å². The number of aryl methyl sites for hydroxylation is 1. The number of hydrogen-bond donors (Lipinski definition) is 1. The van der Waals surface area contributed by atoms with E-state index in [1.54, 1.807) is 12.1 Å². The first-order chi connectivity index (χ1) is 9.15. The number of hydrogen-bond acceptors (Lipinski definition) is 1. The number of benzene rings is 2. The number of fused-ring (bicyclic) bond motifs is 1. The molecule has 1 aliphatic rings. The summed E-state index contributed by atoms with van der Waals surface area (Å²) in [6.45, 7) is 0. The highest BCUT2D eigenvalue weighted by Gasteiger charge is 2.22. The molecule has 1 nitrogen and oxygen atoms in total. The van der Waals surface area contributed by atoms with Gasteiger partial charge in [-0.2, -0.15) is 0 Å². The van der Waals surface area contributed by atoms with Gasteiger partial charge in [-0.1, -0.05) is 47.5 Å². The Labute approximate surface area is 121 Å². The van der Waals surface area contributed by atoms with E-state index in [0.717, 1.165) is 18.5 Å². The molecule has 0 heterocycles. The number of rotatable bonds is 2. The van der Waals surface area contributed by atoms with Crippen molar-refractivity contribution in [2.45, 2.75) is 18.9 Å². The fourth-order valence-electron chi connectivity index (χ4n) is 2.55. The van der Waals surface area contributed by atoms with Crippen molar-refractivity contribution < 1.29 is 4.39 Å². The summed E-state index contributed by atoms with van der Waals surface area (Å²) in [6.07, 6.45) is 2.07. The lowest BCUT2D eigenvalue weighted by atomic mass is 10.1. The summed E-state index contributed by atoms with van der Waals surface area (Å²) in [5.74, 6) is -0.569. The normalized spacial score (nSPS) is 17.3. The van der Waals surface area contributed by atoms with Crippen molar-refractivity contribution >= 4 is 28.9 Å². The van der Waals surface area contributed by atoms with Crippen molar-refractivity contribution in [2.24, 2.45) is 0 Å². The lowest BCUT2D eigenvalue weighted by Gasteiger charge is -2.16. The van der Waals surface area contributed by atoms with Crippen molar-refractivity contribution in [1.29, 1.82) is 0 Å². The van der Waals surface area contributed by atoms with Crippen LogP contribution in [0, 0.1) is 5.82 Å². The molecule has 1 aliphatic carbocycles. The van der Waals surface area contributed by atoms with Gasteiger partial charge >= 0.3 is 0 Å². The number of nitrogens with one attached hydrogen (secondary N) is 1. The largest absolute Gasteiger partial charge is 0.378 e. The van der Waals surface area contributed by atoms with Gasteiger partial charge < -0.3 is 5.32 Å². The predicted molar refractivity (Wildman–Crippen MR) is 77.5 cm³/mol. The van der Waals surface area contributed by atoms with Crippen LogP contribution in [0.1, 0.15) is 23.6 Å². The van der Waals surface area contributed by atoms with E-state index in [9.17, 15) is 4.39 Å². The van der Waals surface area contributed by atoms with Gasteiger partial charge in [-0.15, -0.1) is 0 Å². The zero-order valence-corrected chi connectivity index (χ0v) is 11.6. The molecule has 1 atom stereocenters. The third-order valence-electron chi connectivity index (χ3n) is 3.46. The van der Waals surface area contributed by atoms with Crippen LogP contribution in [0.25, 0.3) is 0 Å². The molecule has 1 unspecified atom stereocenters. The van der Waals surface area contributed by atoms with Crippen molar-refractivity contribution in [1.82, 2.24) is 0 Å². The molecule has 0 aliphatic heterocycles. The summed E-state index contributed by atoms with van der Waals surface area (Å²) in [4.78, 5) is 0. The highest BCUT2D eigenvalue weighted by molar-refractivity contribution is 6.35. The Morgan fingerprint density at radius 3 is 2.53 bits per heavy atom. The fourth-order valence-corrected chi connectivity index (χ4v) is 3.03. The van der Waals surface area contributed by atoms with Crippen LogP contribution >= 0.6 is 23.2 Å². The Kier molecular flexibility index (Phi) is 3.38. The molecule has 0 bridgehead atoms. The van der Waals surface area contributed by atoms with Gasteiger partial charge in [0, 0.05) is 5.69 Å². The van der Waals surface area contributed by atoms with Crippen molar-refractivity contribution in [3.05, 3.63) is 63.4 Å². The van der Waals surface area contributed by atoms with Gasteiger partial charge in [0.1, 0.15) is 0 Å². The van der Waals surface area contributed by atoms with E-state index in [1.807, 2.05) is 12.1 Å². The molecule has 0 radical (unpaired) electrons. The Bertz CT molecular complexity index is 604. The van der Waals surface area contributed by atoms with E-state index < -0.39 is 5.82 Å². The third kappa shape index (κ3) is 2.43. The molecule has 0 spiro atoms. The minimum atomic E-state index is -0.569. The molecule has 0 saturated heterocycles. The minimum Gasteiger partial charge on any atom is -0.378 e. The lowest BCUT2D eigenvalue weighted by Crippen LogP contribution is -2.07. The second-order valence-corrected chi connectivity index (χ2v) is 5.50. The second-order valence-electron chi connectivity index (χ2n) is 4.69. The van der Waals surface area contributed by atoms with Crippen LogP contribution in [0.4, 0.5) is 10.1 Å². The average Bonchev–Trinajstić information content (AvgIpc) is 2.79. The van der Waals surface area contributed by atoms with Crippen LogP contribution < -0.4 is 5.32 Å². The number of anilines is 1. The Morgan fingerprint density at radius 2 is 1.79 bits per heavy atom. The molecule has 0 fully saturated rings. The quantitative estimate of drug-likeness (QED) is 0.748. The highest BCUT2D eigenvalue weighted by Crippen LogP contribution is 2.35. The van der Waals surface area contributed by atoms with Gasteiger partial charge in [-0.05, 0) is 36.1 Å². The maximum absolute atomic E-state index is 13.4. The molecule has 0 aromatic heterocycles. The minimum absolute atomic E-state index is 0.0429. The molecule has 98 valence electrons. The summed E-state index contributed by atoms with van der Waals surface area (Å²) in [7, 11) is 0. The van der Waals surface area contributed by atoms with Crippen molar-refractivity contribution in [3.63, 3.8) is 0 Å². The molecular formula is C15H12Cl2FN. The van der Waals surface area contributed by atoms with E-state index in [1.165, 1.54) is 11.1 Å². The molecule has 3 rings (SSSR count). The molecule has 2 aromatic rings. The molecule has 19 heavy (non-hydrogen) atoms. The number of halogens is 3. The van der Waals surface area contributed by atoms with E-state index >= 15 is 0 Å². The van der Waals surface area contributed by atoms with E-state index in [0.29, 0.717) is 0 Å². The smallest absolute Gasteiger partial charge is 0.160 e. The van der Waals surface area contributed by atoms with Crippen LogP contribution in [-0.4, -0.2) is 0 Å². The van der Waals surface area contributed by atoms with Crippen molar-refractivity contribution in [3.8, 4) is 0 Å². The van der Waals surface area contributed by atoms with Crippen LogP contribution in [-0.2, 0) is 6.42 Å². The molecule has 0 amide bonds. The van der Waals surface area contributed by atoms with Gasteiger partial charge in [0.15, 0.2) is 5.82 Å². The monoisotopic (exact) mass is 295 g/mol. The maximum Gasteiger partial charge on any atom is 0.160 e. The van der Waals surface area contributed by atoms with Crippen molar-refractivity contribution in [2.75, 3.05) is 5.32 Å². The predicted octanol–water partition coefficient (Wildman–Crippen LogP) is 5.23. The second kappa shape index (κ2) is 5.03. The summed E-state index contributed by atoms with van der Waals surface area (Å²) >= 11 is 11.6. The lowest BCUT2D eigenvalue weighted by molar-refractivity contribution is 0.628. The summed E-state index contributed by atoms with van der Waals surface area (Å²) in [5, 5.41) is 3.46. The Balaban J connectivity index is 1.87. The van der Waals surface area contributed by atoms with Gasteiger partial charge in [-0.25, -0.2) is 4.39 Å². The first-order valence-electron chi connectivity index (χ1n) is 6.14. The summed E-state index contributed by atoms with van der Waals surface area (Å²) in [6, 6.07) is 11.7. The van der Waals surface area contributed by atoms with Gasteiger partial charge in [0.2, 0.25) is 0 Å². The van der Waals surface area contributed by atoms with Crippen LogP contribution in [0.2, 0.25) is 10.0 Å². The zero-order chi connectivity index (χ0) is 13.4.